The largest absolute Gasteiger partial charge is 0.489 e. The maximum atomic E-state index is 11.6. The van der Waals surface area contributed by atoms with Gasteiger partial charge < -0.3 is 12.8 Å². The van der Waals surface area contributed by atoms with Gasteiger partial charge in [0.25, 0.3) is 0 Å². The van der Waals surface area contributed by atoms with E-state index in [1.165, 1.54) is 0 Å². The van der Waals surface area contributed by atoms with E-state index in [1.54, 1.807) is 29.2 Å². The summed E-state index contributed by atoms with van der Waals surface area (Å²) in [5.41, 5.74) is 2.48. The zero-order chi connectivity index (χ0) is 14.7. The number of nitrogens with one attached hydrogen (secondary N) is 1. The van der Waals surface area contributed by atoms with Crippen molar-refractivity contribution in [3.05, 3.63) is 65.9 Å². The minimum atomic E-state index is -0.361. The average Bonchev–Trinajstić information content (AvgIpc) is 2.96. The highest BCUT2D eigenvalue weighted by molar-refractivity contribution is 14.1. The molecule has 0 fully saturated rings. The molecule has 0 unspecified atom stereocenters. The van der Waals surface area contributed by atoms with Gasteiger partial charge in [0.1, 0.15) is 12.4 Å². The van der Waals surface area contributed by atoms with Gasteiger partial charge in [-0.1, -0.05) is 30.3 Å². The molecule has 3 aromatic rings. The second-order valence-electron chi connectivity index (χ2n) is 4.55. The molecule has 106 valence electrons. The second-order valence-corrected chi connectivity index (χ2v) is 4.99. The van der Waals surface area contributed by atoms with E-state index in [4.69, 9.17) is 7.80 Å². The minimum Gasteiger partial charge on any atom is -0.489 e. The highest BCUT2D eigenvalue weighted by Gasteiger charge is 2.13. The lowest BCUT2D eigenvalue weighted by molar-refractivity contribution is 0.0802. The summed E-state index contributed by atoms with van der Waals surface area (Å²) in [7, 11) is 0. The first-order chi connectivity index (χ1) is 10.3. The van der Waals surface area contributed by atoms with Crippen LogP contribution in [-0.2, 0) is 9.67 Å². The smallest absolute Gasteiger partial charge is 0.349 e. The lowest BCUT2D eigenvalue weighted by Crippen LogP contribution is -1.96. The number of ether oxygens (including phenoxy) is 1. The third-order valence-corrected chi connectivity index (χ3v) is 3.59. The quantitative estimate of drug-likeness (QED) is 0.675. The molecule has 0 amide bonds. The molecule has 0 aliphatic carbocycles. The van der Waals surface area contributed by atoms with Gasteiger partial charge in [0.15, 0.2) is 23.0 Å². The predicted molar refractivity (Wildman–Crippen MR) is 88.5 cm³/mol. The Labute approximate surface area is 135 Å². The van der Waals surface area contributed by atoms with Crippen LogP contribution in [0.15, 0.2) is 54.7 Å². The van der Waals surface area contributed by atoms with Crippen LogP contribution in [0.1, 0.15) is 15.9 Å². The second kappa shape index (κ2) is 6.17. The summed E-state index contributed by atoms with van der Waals surface area (Å²) >= 11 is 1.59. The van der Waals surface area contributed by atoms with Crippen LogP contribution in [0, 0.1) is 0 Å². The Balaban J connectivity index is 1.80. The molecule has 0 saturated carbocycles. The topological polar surface area (TPSA) is 51.3 Å². The number of carbonyl (C=O) groups is 1. The zero-order valence-corrected chi connectivity index (χ0v) is 13.2. The Morgan fingerprint density at radius 2 is 1.95 bits per heavy atom. The molecule has 2 aromatic carbocycles. The van der Waals surface area contributed by atoms with Gasteiger partial charge in [0.2, 0.25) is 0 Å². The number of hydrogen-bond acceptors (Lipinski definition) is 3. The van der Waals surface area contributed by atoms with E-state index in [2.05, 4.69) is 4.98 Å². The van der Waals surface area contributed by atoms with Gasteiger partial charge >= 0.3 is 5.97 Å². The average molecular weight is 393 g/mol. The number of benzene rings is 2. The SMILES string of the molecule is O=C(OI)c1c[nH]c2cc(OCc3ccccc3)ccc12. The summed E-state index contributed by atoms with van der Waals surface area (Å²) in [6.07, 6.45) is 1.65. The van der Waals surface area contributed by atoms with Crippen molar-refractivity contribution < 1.29 is 12.6 Å². The van der Waals surface area contributed by atoms with E-state index in [0.717, 1.165) is 22.2 Å². The van der Waals surface area contributed by atoms with Crippen molar-refractivity contribution in [2.45, 2.75) is 6.61 Å². The molecule has 1 heterocycles. The highest BCUT2D eigenvalue weighted by atomic mass is 127. The fourth-order valence-corrected chi connectivity index (χ4v) is 2.38. The summed E-state index contributed by atoms with van der Waals surface area (Å²) < 4.78 is 10.5. The highest BCUT2D eigenvalue weighted by Crippen LogP contribution is 2.24. The maximum absolute atomic E-state index is 11.6. The Bertz CT molecular complexity index is 768. The number of fused-ring (bicyclic) bond motifs is 1. The van der Waals surface area contributed by atoms with E-state index in [9.17, 15) is 4.79 Å². The molecule has 0 bridgehead atoms. The van der Waals surface area contributed by atoms with Crippen LogP contribution in [0.5, 0.6) is 5.75 Å². The zero-order valence-electron chi connectivity index (χ0n) is 11.0. The van der Waals surface area contributed by atoms with E-state index < -0.39 is 0 Å². The van der Waals surface area contributed by atoms with Crippen LogP contribution in [0.25, 0.3) is 10.9 Å². The first-order valence-corrected chi connectivity index (χ1v) is 7.27. The maximum Gasteiger partial charge on any atom is 0.349 e. The van der Waals surface area contributed by atoms with Gasteiger partial charge in [0.05, 0.1) is 5.56 Å². The molecule has 1 N–H and O–H groups in total. The monoisotopic (exact) mass is 393 g/mol. The van der Waals surface area contributed by atoms with Crippen molar-refractivity contribution in [3.63, 3.8) is 0 Å². The summed E-state index contributed by atoms with van der Waals surface area (Å²) in [6.45, 7) is 0.510. The van der Waals surface area contributed by atoms with Crippen LogP contribution in [0.4, 0.5) is 0 Å². The van der Waals surface area contributed by atoms with Crippen LogP contribution < -0.4 is 4.74 Å². The summed E-state index contributed by atoms with van der Waals surface area (Å²) in [5.74, 6) is 0.391. The Hall–Kier alpha value is -2.02. The fraction of sp³-hybridized carbons (Fsp3) is 0.0625. The molecule has 0 saturated heterocycles. The molecule has 4 nitrogen and oxygen atoms in total. The van der Waals surface area contributed by atoms with Crippen molar-refractivity contribution in [2.24, 2.45) is 0 Å². The Morgan fingerprint density at radius 3 is 2.71 bits per heavy atom. The van der Waals surface area contributed by atoms with Crippen molar-refractivity contribution in [1.82, 2.24) is 4.98 Å². The van der Waals surface area contributed by atoms with E-state index >= 15 is 0 Å². The molecular weight excluding hydrogens is 381 g/mol. The van der Waals surface area contributed by atoms with E-state index in [0.29, 0.717) is 12.2 Å². The third kappa shape index (κ3) is 3.02. The number of rotatable bonds is 4. The number of hydrogen-bond donors (Lipinski definition) is 1. The van der Waals surface area contributed by atoms with Gasteiger partial charge in [-0.15, -0.1) is 0 Å². The molecule has 0 radical (unpaired) electrons. The van der Waals surface area contributed by atoms with Crippen molar-refractivity contribution in [3.8, 4) is 5.75 Å². The molecule has 0 aliphatic rings. The Kier molecular flexibility index (Phi) is 4.10. The first-order valence-electron chi connectivity index (χ1n) is 6.38. The molecule has 3 rings (SSSR count). The number of halogens is 1. The number of carbonyl (C=O) groups excluding carboxylic acids is 1. The lowest BCUT2D eigenvalue weighted by Gasteiger charge is -2.06. The van der Waals surface area contributed by atoms with Gasteiger partial charge in [0, 0.05) is 23.2 Å². The first kappa shape index (κ1) is 13.9. The van der Waals surface area contributed by atoms with E-state index in [-0.39, 0.29) is 5.97 Å². The van der Waals surface area contributed by atoms with Crippen LogP contribution >= 0.6 is 23.0 Å². The number of aromatic amines is 1. The summed E-state index contributed by atoms with van der Waals surface area (Å²) in [6, 6.07) is 15.6. The van der Waals surface area contributed by atoms with Crippen LogP contribution in [0.2, 0.25) is 0 Å². The summed E-state index contributed by atoms with van der Waals surface area (Å²) in [4.78, 5) is 14.7. The summed E-state index contributed by atoms with van der Waals surface area (Å²) in [5, 5.41) is 0.823. The molecule has 0 aliphatic heterocycles. The molecular formula is C16H12INO3. The normalized spacial score (nSPS) is 10.5. The van der Waals surface area contributed by atoms with Gasteiger partial charge in [-0.25, -0.2) is 4.79 Å². The number of H-pyrrole nitrogens is 1. The molecule has 21 heavy (non-hydrogen) atoms. The molecule has 5 heteroatoms. The standard InChI is InChI=1S/C16H12INO3/c17-21-16(19)14-9-18-15-8-12(6-7-13(14)15)20-10-11-4-2-1-3-5-11/h1-9,18H,10H2. The van der Waals surface area contributed by atoms with Gasteiger partial charge in [-0.3, -0.25) is 0 Å². The molecule has 0 spiro atoms. The van der Waals surface area contributed by atoms with Crippen molar-refractivity contribution in [1.29, 1.82) is 0 Å². The van der Waals surface area contributed by atoms with Gasteiger partial charge in [-0.2, -0.15) is 0 Å². The fourth-order valence-electron chi connectivity index (χ4n) is 2.15. The minimum absolute atomic E-state index is 0.361. The van der Waals surface area contributed by atoms with Gasteiger partial charge in [-0.05, 0) is 17.7 Å². The molecule has 0 atom stereocenters. The van der Waals surface area contributed by atoms with Crippen LogP contribution in [-0.4, -0.2) is 11.0 Å². The Morgan fingerprint density at radius 1 is 1.14 bits per heavy atom. The number of aromatic nitrogens is 1. The third-order valence-electron chi connectivity index (χ3n) is 3.19. The molecule has 1 aromatic heterocycles. The van der Waals surface area contributed by atoms with Crippen molar-refractivity contribution >= 4 is 39.9 Å². The lowest BCUT2D eigenvalue weighted by atomic mass is 10.2. The van der Waals surface area contributed by atoms with E-state index in [1.807, 2.05) is 48.5 Å². The van der Waals surface area contributed by atoms with Crippen LogP contribution in [0.3, 0.4) is 0 Å². The predicted octanol–water partition coefficient (Wildman–Crippen LogP) is 4.25. The van der Waals surface area contributed by atoms with Crippen molar-refractivity contribution in [2.75, 3.05) is 0 Å².